The zero-order valence-electron chi connectivity index (χ0n) is 7.26. The normalized spacial score (nSPS) is 12.4. The maximum absolute atomic E-state index is 11.6. The molecule has 1 N–H and O–H groups in total. The first-order valence-corrected chi connectivity index (χ1v) is 5.39. The summed E-state index contributed by atoms with van der Waals surface area (Å²) < 4.78 is 58.7. The number of hydrogen-bond donors (Lipinski definition) is 1. The number of rotatable bonds is 5. The molecule has 82 valence electrons. The monoisotopic (exact) mass is 229 g/mol. The van der Waals surface area contributed by atoms with E-state index in [1.165, 1.54) is 0 Å². The number of nitrogens with one attached hydrogen (secondary N) is 1. The van der Waals surface area contributed by atoms with Crippen LogP contribution in [0.1, 0.15) is 12.8 Å². The van der Waals surface area contributed by atoms with E-state index in [2.05, 4.69) is 0 Å². The van der Waals surface area contributed by atoms with Crippen LogP contribution in [0.3, 0.4) is 0 Å². The topological polar surface area (TPSA) is 46.2 Å². The third kappa shape index (κ3) is 7.89. The number of terminal acetylenes is 1. The van der Waals surface area contributed by atoms with Crippen molar-refractivity contribution in [2.45, 2.75) is 19.0 Å². The fourth-order valence-corrected chi connectivity index (χ4v) is 1.66. The van der Waals surface area contributed by atoms with Gasteiger partial charge in [0.15, 0.2) is 0 Å². The lowest BCUT2D eigenvalue weighted by Crippen LogP contribution is -2.27. The van der Waals surface area contributed by atoms with E-state index in [0.717, 1.165) is 0 Å². The fraction of sp³-hybridized carbons (Fsp3) is 0.714. The summed E-state index contributed by atoms with van der Waals surface area (Å²) in [6.07, 6.45) is -1.10. The molecule has 0 aromatic rings. The molecule has 0 radical (unpaired) electrons. The smallest absolute Gasteiger partial charge is 0.212 e. The standard InChI is InChI=1S/C7H10F3NO2S/c1-2-5-11-14(12,13)6-3-4-7(8,9)10/h1,11H,3-6H2. The second-order valence-electron chi connectivity index (χ2n) is 2.56. The molecular weight excluding hydrogens is 219 g/mol. The van der Waals surface area contributed by atoms with Crippen molar-refractivity contribution in [1.82, 2.24) is 4.72 Å². The van der Waals surface area contributed by atoms with Crippen molar-refractivity contribution >= 4 is 10.0 Å². The van der Waals surface area contributed by atoms with Gasteiger partial charge in [0.25, 0.3) is 0 Å². The molecular formula is C7H10F3NO2S. The van der Waals surface area contributed by atoms with Crippen LogP contribution in [-0.2, 0) is 10.0 Å². The Labute approximate surface area is 80.7 Å². The highest BCUT2D eigenvalue weighted by molar-refractivity contribution is 7.89. The number of hydrogen-bond acceptors (Lipinski definition) is 2. The average Bonchev–Trinajstić information content (AvgIpc) is 1.98. The van der Waals surface area contributed by atoms with E-state index in [0.29, 0.717) is 0 Å². The van der Waals surface area contributed by atoms with Crippen molar-refractivity contribution in [2.75, 3.05) is 12.3 Å². The van der Waals surface area contributed by atoms with Crippen LogP contribution in [0.25, 0.3) is 0 Å². The molecule has 14 heavy (non-hydrogen) atoms. The first-order valence-electron chi connectivity index (χ1n) is 3.74. The third-order valence-electron chi connectivity index (χ3n) is 1.27. The summed E-state index contributed by atoms with van der Waals surface area (Å²) in [5.41, 5.74) is 0. The Bertz CT molecular complexity index is 302. The van der Waals surface area contributed by atoms with Crippen molar-refractivity contribution in [3.63, 3.8) is 0 Å². The zero-order valence-corrected chi connectivity index (χ0v) is 8.08. The van der Waals surface area contributed by atoms with Crippen molar-refractivity contribution in [3.8, 4) is 12.3 Å². The first kappa shape index (κ1) is 13.3. The quantitative estimate of drug-likeness (QED) is 0.711. The predicted octanol–water partition coefficient (Wildman–Crippen LogP) is 0.881. The molecule has 0 unspecified atom stereocenters. The average molecular weight is 229 g/mol. The van der Waals surface area contributed by atoms with Gasteiger partial charge in [0.2, 0.25) is 10.0 Å². The minimum absolute atomic E-state index is 0.200. The lowest BCUT2D eigenvalue weighted by atomic mass is 10.3. The van der Waals surface area contributed by atoms with E-state index in [9.17, 15) is 21.6 Å². The van der Waals surface area contributed by atoms with Gasteiger partial charge < -0.3 is 0 Å². The Morgan fingerprint density at radius 1 is 1.36 bits per heavy atom. The fourth-order valence-electron chi connectivity index (χ4n) is 0.686. The maximum Gasteiger partial charge on any atom is 0.389 e. The highest BCUT2D eigenvalue weighted by Crippen LogP contribution is 2.21. The van der Waals surface area contributed by atoms with Crippen LogP contribution in [0, 0.1) is 12.3 Å². The molecule has 0 rings (SSSR count). The van der Waals surface area contributed by atoms with Crippen LogP contribution in [0.4, 0.5) is 13.2 Å². The molecule has 0 aliphatic heterocycles. The zero-order chi connectivity index (χ0) is 11.2. The summed E-state index contributed by atoms with van der Waals surface area (Å²) in [5, 5.41) is 0. The first-order chi connectivity index (χ1) is 6.27. The molecule has 0 atom stereocenters. The molecule has 0 fully saturated rings. The number of halogens is 3. The molecule has 0 heterocycles. The predicted molar refractivity (Wildman–Crippen MR) is 45.9 cm³/mol. The summed E-state index contributed by atoms with van der Waals surface area (Å²) in [5.74, 6) is 1.46. The summed E-state index contributed by atoms with van der Waals surface area (Å²) >= 11 is 0. The van der Waals surface area contributed by atoms with Gasteiger partial charge >= 0.3 is 6.18 Å². The van der Waals surface area contributed by atoms with Crippen LogP contribution < -0.4 is 4.72 Å². The molecule has 0 aromatic carbocycles. The van der Waals surface area contributed by atoms with Gasteiger partial charge in [-0.1, -0.05) is 5.92 Å². The van der Waals surface area contributed by atoms with Gasteiger partial charge in [-0.2, -0.15) is 13.2 Å². The van der Waals surface area contributed by atoms with Gasteiger partial charge in [-0.3, -0.25) is 0 Å². The van der Waals surface area contributed by atoms with Crippen LogP contribution >= 0.6 is 0 Å². The molecule has 0 aliphatic rings. The second-order valence-corrected chi connectivity index (χ2v) is 4.49. The lowest BCUT2D eigenvalue weighted by Gasteiger charge is -2.06. The van der Waals surface area contributed by atoms with E-state index >= 15 is 0 Å². The van der Waals surface area contributed by atoms with Crippen LogP contribution in [0.2, 0.25) is 0 Å². The number of sulfonamides is 1. The molecule has 0 saturated carbocycles. The van der Waals surface area contributed by atoms with Gasteiger partial charge in [-0.05, 0) is 6.42 Å². The lowest BCUT2D eigenvalue weighted by molar-refractivity contribution is -0.134. The van der Waals surface area contributed by atoms with E-state index < -0.39 is 34.8 Å². The summed E-state index contributed by atoms with van der Waals surface area (Å²) in [6, 6.07) is 0. The minimum atomic E-state index is -4.32. The molecule has 0 amide bonds. The maximum atomic E-state index is 11.6. The Morgan fingerprint density at radius 2 is 1.93 bits per heavy atom. The van der Waals surface area contributed by atoms with E-state index in [-0.39, 0.29) is 6.54 Å². The van der Waals surface area contributed by atoms with E-state index in [1.807, 2.05) is 10.6 Å². The highest BCUT2D eigenvalue weighted by Gasteiger charge is 2.27. The van der Waals surface area contributed by atoms with Gasteiger partial charge in [-0.25, -0.2) is 13.1 Å². The van der Waals surface area contributed by atoms with E-state index in [1.54, 1.807) is 0 Å². The Kier molecular flexibility index (Phi) is 4.94. The van der Waals surface area contributed by atoms with Gasteiger partial charge in [0, 0.05) is 6.42 Å². The molecule has 0 aromatic heterocycles. The van der Waals surface area contributed by atoms with Gasteiger partial charge in [0.1, 0.15) is 0 Å². The molecule has 7 heteroatoms. The van der Waals surface area contributed by atoms with Gasteiger partial charge in [0.05, 0.1) is 12.3 Å². The molecule has 0 spiro atoms. The third-order valence-corrected chi connectivity index (χ3v) is 2.68. The van der Waals surface area contributed by atoms with Crippen molar-refractivity contribution in [3.05, 3.63) is 0 Å². The van der Waals surface area contributed by atoms with Crippen LogP contribution in [-0.4, -0.2) is 26.9 Å². The van der Waals surface area contributed by atoms with Crippen LogP contribution in [0.5, 0.6) is 0 Å². The highest BCUT2D eigenvalue weighted by atomic mass is 32.2. The summed E-state index contributed by atoms with van der Waals surface area (Å²) in [6.45, 7) is -0.200. The SMILES string of the molecule is C#CCNS(=O)(=O)CCCC(F)(F)F. The van der Waals surface area contributed by atoms with Crippen molar-refractivity contribution in [1.29, 1.82) is 0 Å². The summed E-state index contributed by atoms with van der Waals surface area (Å²) in [7, 11) is -3.66. The molecule has 0 saturated heterocycles. The van der Waals surface area contributed by atoms with E-state index in [4.69, 9.17) is 6.42 Å². The minimum Gasteiger partial charge on any atom is -0.212 e. The molecule has 0 bridgehead atoms. The number of alkyl halides is 3. The Balaban J connectivity index is 3.85. The Hall–Kier alpha value is -0.740. The summed E-state index contributed by atoms with van der Waals surface area (Å²) in [4.78, 5) is 0. The molecule has 3 nitrogen and oxygen atoms in total. The van der Waals surface area contributed by atoms with Crippen molar-refractivity contribution in [2.24, 2.45) is 0 Å². The largest absolute Gasteiger partial charge is 0.389 e. The second kappa shape index (κ2) is 5.22. The van der Waals surface area contributed by atoms with Crippen molar-refractivity contribution < 1.29 is 21.6 Å². The molecule has 0 aliphatic carbocycles. The van der Waals surface area contributed by atoms with Gasteiger partial charge in [-0.15, -0.1) is 6.42 Å². The Morgan fingerprint density at radius 3 is 2.36 bits per heavy atom. The van der Waals surface area contributed by atoms with Crippen LogP contribution in [0.15, 0.2) is 0 Å².